The largest absolute Gasteiger partial charge is 0.465 e. The number of amides is 2. The van der Waals surface area contributed by atoms with Crippen molar-refractivity contribution in [2.75, 3.05) is 6.54 Å². The van der Waals surface area contributed by atoms with Gasteiger partial charge in [0.25, 0.3) is 0 Å². The van der Waals surface area contributed by atoms with Crippen LogP contribution in [0.2, 0.25) is 0 Å². The van der Waals surface area contributed by atoms with Crippen LogP contribution in [0.3, 0.4) is 0 Å². The van der Waals surface area contributed by atoms with Crippen molar-refractivity contribution >= 4 is 12.2 Å². The van der Waals surface area contributed by atoms with Crippen LogP contribution in [0.4, 0.5) is 9.59 Å². The fourth-order valence-corrected chi connectivity index (χ4v) is 1.90. The van der Waals surface area contributed by atoms with Gasteiger partial charge >= 0.3 is 12.2 Å². The summed E-state index contributed by atoms with van der Waals surface area (Å²) in [5, 5.41) is 13.6. The first-order valence-corrected chi connectivity index (χ1v) is 6.91. The van der Waals surface area contributed by atoms with Crippen LogP contribution in [0.15, 0.2) is 30.3 Å². The third-order valence-corrected chi connectivity index (χ3v) is 2.79. The molecule has 1 aromatic carbocycles. The number of rotatable bonds is 7. The lowest BCUT2D eigenvalue weighted by Crippen LogP contribution is -2.44. The summed E-state index contributed by atoms with van der Waals surface area (Å²) in [6.07, 6.45) is -0.985. The second kappa shape index (κ2) is 8.84. The van der Waals surface area contributed by atoms with E-state index in [0.717, 1.165) is 5.56 Å². The normalized spacial score (nSPS) is 11.8. The molecular weight excluding hydrogens is 272 g/mol. The Bertz CT molecular complexity index is 448. The topological polar surface area (TPSA) is 87.7 Å². The molecular formula is C15H22N2O4. The molecule has 1 rings (SSSR count). The van der Waals surface area contributed by atoms with E-state index in [1.807, 2.05) is 44.2 Å². The second-order valence-electron chi connectivity index (χ2n) is 5.22. The Hall–Kier alpha value is -2.24. The van der Waals surface area contributed by atoms with Gasteiger partial charge in [-0.25, -0.2) is 9.59 Å². The Balaban J connectivity index is 2.41. The summed E-state index contributed by atoms with van der Waals surface area (Å²) in [6, 6.07) is 9.07. The molecule has 0 saturated heterocycles. The summed E-state index contributed by atoms with van der Waals surface area (Å²) < 4.78 is 5.12. The average molecular weight is 294 g/mol. The van der Waals surface area contributed by atoms with E-state index in [-0.39, 0.29) is 19.2 Å². The Labute approximate surface area is 124 Å². The zero-order chi connectivity index (χ0) is 15.7. The predicted molar refractivity (Wildman–Crippen MR) is 79.0 cm³/mol. The minimum atomic E-state index is -1.11. The molecule has 6 nitrogen and oxygen atoms in total. The van der Waals surface area contributed by atoms with Crippen LogP contribution >= 0.6 is 0 Å². The summed E-state index contributed by atoms with van der Waals surface area (Å²) in [5.41, 5.74) is 0.900. The molecule has 116 valence electrons. The van der Waals surface area contributed by atoms with Gasteiger partial charge in [-0.3, -0.25) is 0 Å². The van der Waals surface area contributed by atoms with Gasteiger partial charge < -0.3 is 20.5 Å². The van der Waals surface area contributed by atoms with Crippen molar-refractivity contribution in [1.82, 2.24) is 10.6 Å². The van der Waals surface area contributed by atoms with Gasteiger partial charge in [-0.05, 0) is 17.9 Å². The number of ether oxygens (including phenoxy) is 1. The highest BCUT2D eigenvalue weighted by atomic mass is 16.5. The lowest BCUT2D eigenvalue weighted by Gasteiger charge is -2.20. The van der Waals surface area contributed by atoms with Crippen molar-refractivity contribution in [2.24, 2.45) is 5.92 Å². The maximum absolute atomic E-state index is 11.7. The SMILES string of the molecule is CC(C)C[C@H](CNC(=O)O)NC(=O)OCc1ccccc1. The highest BCUT2D eigenvalue weighted by molar-refractivity contribution is 5.68. The predicted octanol–water partition coefficient (Wildman–Crippen LogP) is 2.60. The smallest absolute Gasteiger partial charge is 0.407 e. The number of nitrogens with one attached hydrogen (secondary N) is 2. The summed E-state index contributed by atoms with van der Waals surface area (Å²) in [4.78, 5) is 22.3. The molecule has 3 N–H and O–H groups in total. The molecule has 0 saturated carbocycles. The summed E-state index contributed by atoms with van der Waals surface area (Å²) in [5.74, 6) is 0.333. The van der Waals surface area contributed by atoms with Gasteiger partial charge in [0.2, 0.25) is 0 Å². The van der Waals surface area contributed by atoms with Crippen LogP contribution in [0, 0.1) is 5.92 Å². The summed E-state index contributed by atoms with van der Waals surface area (Å²) in [6.45, 7) is 4.36. The zero-order valence-electron chi connectivity index (χ0n) is 12.3. The minimum absolute atomic E-state index is 0.161. The van der Waals surface area contributed by atoms with Gasteiger partial charge in [-0.2, -0.15) is 0 Å². The van der Waals surface area contributed by atoms with Crippen molar-refractivity contribution in [2.45, 2.75) is 32.9 Å². The van der Waals surface area contributed by atoms with Crippen LogP contribution in [-0.4, -0.2) is 29.9 Å². The molecule has 0 radical (unpaired) electrons. The molecule has 2 amide bonds. The average Bonchev–Trinajstić information content (AvgIpc) is 2.43. The van der Waals surface area contributed by atoms with Crippen molar-refractivity contribution in [3.63, 3.8) is 0 Å². The Morgan fingerprint density at radius 3 is 2.48 bits per heavy atom. The van der Waals surface area contributed by atoms with Crippen molar-refractivity contribution in [3.8, 4) is 0 Å². The van der Waals surface area contributed by atoms with Gasteiger partial charge in [0, 0.05) is 12.6 Å². The molecule has 0 heterocycles. The highest BCUT2D eigenvalue weighted by Gasteiger charge is 2.15. The van der Waals surface area contributed by atoms with Crippen LogP contribution in [0.5, 0.6) is 0 Å². The van der Waals surface area contributed by atoms with E-state index in [1.165, 1.54) is 0 Å². The summed E-state index contributed by atoms with van der Waals surface area (Å²) >= 11 is 0. The molecule has 0 aliphatic rings. The Morgan fingerprint density at radius 1 is 1.24 bits per heavy atom. The van der Waals surface area contributed by atoms with Gasteiger partial charge in [0.15, 0.2) is 0 Å². The first-order valence-electron chi connectivity index (χ1n) is 6.91. The number of carbonyl (C=O) groups is 2. The third-order valence-electron chi connectivity index (χ3n) is 2.79. The number of carboxylic acid groups (broad SMARTS) is 1. The van der Waals surface area contributed by atoms with Gasteiger partial charge in [-0.15, -0.1) is 0 Å². The molecule has 0 aromatic heterocycles. The fourth-order valence-electron chi connectivity index (χ4n) is 1.90. The van der Waals surface area contributed by atoms with Crippen LogP contribution in [0.1, 0.15) is 25.8 Å². The van der Waals surface area contributed by atoms with E-state index in [9.17, 15) is 9.59 Å². The highest BCUT2D eigenvalue weighted by Crippen LogP contribution is 2.05. The lowest BCUT2D eigenvalue weighted by atomic mass is 10.0. The summed E-state index contributed by atoms with van der Waals surface area (Å²) in [7, 11) is 0. The number of carbonyl (C=O) groups excluding carboxylic acids is 1. The van der Waals surface area contributed by atoms with Crippen LogP contribution in [0.25, 0.3) is 0 Å². The maximum Gasteiger partial charge on any atom is 0.407 e. The number of hydrogen-bond acceptors (Lipinski definition) is 3. The second-order valence-corrected chi connectivity index (χ2v) is 5.22. The molecule has 0 aliphatic carbocycles. The van der Waals surface area contributed by atoms with Crippen LogP contribution in [-0.2, 0) is 11.3 Å². The Kier molecular flexibility index (Phi) is 7.08. The molecule has 0 bridgehead atoms. The first-order chi connectivity index (χ1) is 9.97. The third kappa shape index (κ3) is 7.81. The van der Waals surface area contributed by atoms with Gasteiger partial charge in [-0.1, -0.05) is 44.2 Å². The molecule has 6 heteroatoms. The first kappa shape index (κ1) is 16.8. The monoisotopic (exact) mass is 294 g/mol. The molecule has 0 aliphatic heterocycles. The number of hydrogen-bond donors (Lipinski definition) is 3. The molecule has 1 atom stereocenters. The van der Waals surface area contributed by atoms with E-state index < -0.39 is 12.2 Å². The fraction of sp³-hybridized carbons (Fsp3) is 0.467. The quantitative estimate of drug-likeness (QED) is 0.721. The molecule has 0 unspecified atom stereocenters. The molecule has 21 heavy (non-hydrogen) atoms. The molecule has 0 fully saturated rings. The molecule has 0 spiro atoms. The van der Waals surface area contributed by atoms with Gasteiger partial charge in [0.1, 0.15) is 6.61 Å². The zero-order valence-corrected chi connectivity index (χ0v) is 12.3. The van der Waals surface area contributed by atoms with E-state index in [1.54, 1.807) is 0 Å². The Morgan fingerprint density at radius 2 is 1.90 bits per heavy atom. The van der Waals surface area contributed by atoms with E-state index in [2.05, 4.69) is 10.6 Å². The minimum Gasteiger partial charge on any atom is -0.465 e. The van der Waals surface area contributed by atoms with Gasteiger partial charge in [0.05, 0.1) is 0 Å². The lowest BCUT2D eigenvalue weighted by molar-refractivity contribution is 0.133. The van der Waals surface area contributed by atoms with E-state index in [4.69, 9.17) is 9.84 Å². The molecule has 1 aromatic rings. The van der Waals surface area contributed by atoms with E-state index >= 15 is 0 Å². The van der Waals surface area contributed by atoms with Crippen LogP contribution < -0.4 is 10.6 Å². The van der Waals surface area contributed by atoms with Crippen molar-refractivity contribution in [1.29, 1.82) is 0 Å². The van der Waals surface area contributed by atoms with Crippen molar-refractivity contribution < 1.29 is 19.4 Å². The van der Waals surface area contributed by atoms with Crippen molar-refractivity contribution in [3.05, 3.63) is 35.9 Å². The maximum atomic E-state index is 11.7. The number of alkyl carbamates (subject to hydrolysis) is 1. The van der Waals surface area contributed by atoms with E-state index in [0.29, 0.717) is 12.3 Å². The standard InChI is InChI=1S/C15H22N2O4/c1-11(2)8-13(9-16-14(18)19)17-15(20)21-10-12-6-4-3-5-7-12/h3-7,11,13,16H,8-10H2,1-2H3,(H,17,20)(H,18,19)/t13-/m1/s1. The number of benzene rings is 1.